The number of nitrogens with two attached hydrogens (primary N) is 2. The van der Waals surface area contributed by atoms with Crippen molar-refractivity contribution in [1.29, 1.82) is 0 Å². The van der Waals surface area contributed by atoms with Crippen LogP contribution in [0.4, 0.5) is 0 Å². The second-order valence-electron chi connectivity index (χ2n) is 6.82. The first kappa shape index (κ1) is 22.8. The van der Waals surface area contributed by atoms with Crippen molar-refractivity contribution in [3.63, 3.8) is 0 Å². The minimum atomic E-state index is 0.710. The lowest BCUT2D eigenvalue weighted by molar-refractivity contribution is 0.401. The zero-order chi connectivity index (χ0) is 17.0. The van der Waals surface area contributed by atoms with Crippen LogP contribution in [-0.2, 0) is 0 Å². The van der Waals surface area contributed by atoms with Gasteiger partial charge in [0, 0.05) is 26.2 Å². The zero-order valence-corrected chi connectivity index (χ0v) is 15.8. The van der Waals surface area contributed by atoms with Crippen LogP contribution < -0.4 is 22.1 Å². The van der Waals surface area contributed by atoms with Crippen molar-refractivity contribution in [1.82, 2.24) is 10.6 Å². The predicted molar refractivity (Wildman–Crippen MR) is 104 cm³/mol. The second kappa shape index (κ2) is 19.9. The lowest BCUT2D eigenvalue weighted by atomic mass is 9.99. The first-order valence-corrected chi connectivity index (χ1v) is 10.2. The van der Waals surface area contributed by atoms with Gasteiger partial charge >= 0.3 is 0 Å². The standard InChI is InChI=1S/C19H44N4/c1-2-3-4-5-6-7-8-9-10-11-12-19(17-22-15-13-20)18-23-16-14-21/h19,22-23H,2-18,20-21H2,1H3. The Morgan fingerprint density at radius 1 is 0.652 bits per heavy atom. The fourth-order valence-corrected chi connectivity index (χ4v) is 3.01. The quantitative estimate of drug-likeness (QED) is 0.275. The summed E-state index contributed by atoms with van der Waals surface area (Å²) < 4.78 is 0. The first-order valence-electron chi connectivity index (χ1n) is 10.2. The Balaban J connectivity index is 3.48. The van der Waals surface area contributed by atoms with E-state index < -0.39 is 0 Å². The molecule has 23 heavy (non-hydrogen) atoms. The largest absolute Gasteiger partial charge is 0.329 e. The van der Waals surface area contributed by atoms with E-state index in [1.54, 1.807) is 0 Å². The van der Waals surface area contributed by atoms with E-state index in [2.05, 4.69) is 17.6 Å². The van der Waals surface area contributed by atoms with Crippen LogP contribution in [0.5, 0.6) is 0 Å². The molecule has 0 amide bonds. The van der Waals surface area contributed by atoms with Crippen LogP contribution in [0.2, 0.25) is 0 Å². The van der Waals surface area contributed by atoms with Crippen LogP contribution in [0, 0.1) is 5.92 Å². The van der Waals surface area contributed by atoms with Gasteiger partial charge in [-0.2, -0.15) is 0 Å². The third-order valence-electron chi connectivity index (χ3n) is 4.47. The fraction of sp³-hybridized carbons (Fsp3) is 1.00. The summed E-state index contributed by atoms with van der Waals surface area (Å²) in [5, 5.41) is 6.90. The molecule has 0 fully saturated rings. The summed E-state index contributed by atoms with van der Waals surface area (Å²) in [5.41, 5.74) is 11.1. The van der Waals surface area contributed by atoms with Gasteiger partial charge in [-0.25, -0.2) is 0 Å². The molecule has 0 aromatic carbocycles. The highest BCUT2D eigenvalue weighted by molar-refractivity contribution is 4.66. The van der Waals surface area contributed by atoms with Crippen LogP contribution in [0.15, 0.2) is 0 Å². The minimum absolute atomic E-state index is 0.710. The normalized spacial score (nSPS) is 11.5. The van der Waals surface area contributed by atoms with Crippen LogP contribution in [0.3, 0.4) is 0 Å². The van der Waals surface area contributed by atoms with Gasteiger partial charge in [-0.15, -0.1) is 0 Å². The van der Waals surface area contributed by atoms with Gasteiger partial charge in [-0.1, -0.05) is 71.1 Å². The van der Waals surface area contributed by atoms with Crippen molar-refractivity contribution in [2.45, 2.75) is 77.6 Å². The van der Waals surface area contributed by atoms with E-state index in [0.29, 0.717) is 5.92 Å². The van der Waals surface area contributed by atoms with E-state index in [1.807, 2.05) is 0 Å². The summed E-state index contributed by atoms with van der Waals surface area (Å²) in [6.45, 7) is 7.72. The number of unbranched alkanes of at least 4 members (excludes halogenated alkanes) is 9. The van der Waals surface area contributed by atoms with Gasteiger partial charge < -0.3 is 22.1 Å². The maximum absolute atomic E-state index is 5.55. The zero-order valence-electron chi connectivity index (χ0n) is 15.8. The van der Waals surface area contributed by atoms with E-state index in [0.717, 1.165) is 39.3 Å². The van der Waals surface area contributed by atoms with Crippen molar-refractivity contribution in [3.05, 3.63) is 0 Å². The van der Waals surface area contributed by atoms with Gasteiger partial charge in [-0.05, 0) is 25.4 Å². The summed E-state index contributed by atoms with van der Waals surface area (Å²) in [7, 11) is 0. The summed E-state index contributed by atoms with van der Waals surface area (Å²) in [6, 6.07) is 0. The van der Waals surface area contributed by atoms with Gasteiger partial charge in [0.25, 0.3) is 0 Å². The SMILES string of the molecule is CCCCCCCCCCCCC(CNCCN)CNCCN. The average Bonchev–Trinajstić information content (AvgIpc) is 2.56. The van der Waals surface area contributed by atoms with E-state index in [-0.39, 0.29) is 0 Å². The molecule has 0 aliphatic carbocycles. The molecule has 0 atom stereocenters. The molecule has 0 spiro atoms. The number of hydrogen-bond donors (Lipinski definition) is 4. The molecule has 0 unspecified atom stereocenters. The third-order valence-corrected chi connectivity index (χ3v) is 4.47. The molecule has 4 nitrogen and oxygen atoms in total. The molecule has 0 aromatic heterocycles. The van der Waals surface area contributed by atoms with Crippen LogP contribution >= 0.6 is 0 Å². The van der Waals surface area contributed by atoms with Crippen molar-refractivity contribution in [3.8, 4) is 0 Å². The number of rotatable bonds is 19. The van der Waals surface area contributed by atoms with Gasteiger partial charge in [0.1, 0.15) is 0 Å². The monoisotopic (exact) mass is 328 g/mol. The van der Waals surface area contributed by atoms with Crippen LogP contribution in [0.25, 0.3) is 0 Å². The molecule has 140 valence electrons. The van der Waals surface area contributed by atoms with E-state index in [4.69, 9.17) is 11.5 Å². The molecular formula is C19H44N4. The molecule has 0 radical (unpaired) electrons. The van der Waals surface area contributed by atoms with Crippen LogP contribution in [-0.4, -0.2) is 39.3 Å². The molecule has 0 aliphatic rings. The highest BCUT2D eigenvalue weighted by atomic mass is 14.9. The highest BCUT2D eigenvalue weighted by Crippen LogP contribution is 2.13. The Morgan fingerprint density at radius 3 is 1.52 bits per heavy atom. The van der Waals surface area contributed by atoms with Crippen molar-refractivity contribution < 1.29 is 0 Å². The molecule has 4 heteroatoms. The van der Waals surface area contributed by atoms with Gasteiger partial charge in [0.05, 0.1) is 0 Å². The first-order chi connectivity index (χ1) is 11.3. The minimum Gasteiger partial charge on any atom is -0.329 e. The van der Waals surface area contributed by atoms with Crippen LogP contribution in [0.1, 0.15) is 77.6 Å². The molecule has 0 aromatic rings. The van der Waals surface area contributed by atoms with Crippen molar-refractivity contribution in [2.75, 3.05) is 39.3 Å². The van der Waals surface area contributed by atoms with E-state index in [9.17, 15) is 0 Å². The Labute approximate surface area is 145 Å². The second-order valence-corrected chi connectivity index (χ2v) is 6.82. The fourth-order valence-electron chi connectivity index (χ4n) is 3.01. The summed E-state index contributed by atoms with van der Waals surface area (Å²) in [5.74, 6) is 0.710. The molecule has 0 rings (SSSR count). The molecule has 6 N–H and O–H groups in total. The van der Waals surface area contributed by atoms with Gasteiger partial charge in [0.2, 0.25) is 0 Å². The summed E-state index contributed by atoms with van der Waals surface area (Å²) >= 11 is 0. The van der Waals surface area contributed by atoms with E-state index >= 15 is 0 Å². The summed E-state index contributed by atoms with van der Waals surface area (Å²) in [4.78, 5) is 0. The molecular weight excluding hydrogens is 284 g/mol. The van der Waals surface area contributed by atoms with E-state index in [1.165, 1.54) is 70.6 Å². The van der Waals surface area contributed by atoms with Crippen molar-refractivity contribution >= 4 is 0 Å². The summed E-state index contributed by atoms with van der Waals surface area (Å²) in [6.07, 6.45) is 15.4. The molecule has 0 bridgehead atoms. The molecule has 0 heterocycles. The van der Waals surface area contributed by atoms with Gasteiger partial charge in [-0.3, -0.25) is 0 Å². The predicted octanol–water partition coefficient (Wildman–Crippen LogP) is 3.01. The maximum Gasteiger partial charge on any atom is 0.00746 e. The topological polar surface area (TPSA) is 76.1 Å². The van der Waals surface area contributed by atoms with Crippen molar-refractivity contribution in [2.24, 2.45) is 17.4 Å². The molecule has 0 saturated heterocycles. The maximum atomic E-state index is 5.55. The third kappa shape index (κ3) is 18.0. The number of nitrogens with one attached hydrogen (secondary N) is 2. The lowest BCUT2D eigenvalue weighted by Gasteiger charge is -2.18. The lowest BCUT2D eigenvalue weighted by Crippen LogP contribution is -2.35. The highest BCUT2D eigenvalue weighted by Gasteiger charge is 2.07. The Morgan fingerprint density at radius 2 is 1.09 bits per heavy atom. The molecule has 0 saturated carbocycles. The Bertz CT molecular complexity index is 202. The van der Waals surface area contributed by atoms with Gasteiger partial charge in [0.15, 0.2) is 0 Å². The molecule has 0 aliphatic heterocycles. The number of hydrogen-bond acceptors (Lipinski definition) is 4. The Kier molecular flexibility index (Phi) is 19.7. The Hall–Kier alpha value is -0.160. The average molecular weight is 329 g/mol. The smallest absolute Gasteiger partial charge is 0.00746 e.